The molecular formula is C16H23NO3. The second kappa shape index (κ2) is 6.75. The van der Waals surface area contributed by atoms with Gasteiger partial charge in [0.15, 0.2) is 0 Å². The number of aliphatic carboxylic acids is 1. The SMILES string of the molecule is Cc1ccc(OCCN2CCCCC2C(=O)O)c(C)c1. The fourth-order valence-corrected chi connectivity index (χ4v) is 2.77. The van der Waals surface area contributed by atoms with Gasteiger partial charge >= 0.3 is 5.97 Å². The van der Waals surface area contributed by atoms with Crippen LogP contribution >= 0.6 is 0 Å². The molecule has 1 saturated heterocycles. The minimum absolute atomic E-state index is 0.341. The zero-order valence-electron chi connectivity index (χ0n) is 12.3. The molecule has 110 valence electrons. The number of carbonyl (C=O) groups is 1. The van der Waals surface area contributed by atoms with Crippen molar-refractivity contribution in [2.45, 2.75) is 39.2 Å². The molecule has 0 saturated carbocycles. The molecule has 1 aromatic carbocycles. The Kier molecular flexibility index (Phi) is 5.01. The number of piperidine rings is 1. The molecule has 0 aromatic heterocycles. The van der Waals surface area contributed by atoms with Crippen molar-refractivity contribution in [3.05, 3.63) is 29.3 Å². The number of carboxylic acids is 1. The summed E-state index contributed by atoms with van der Waals surface area (Å²) in [5, 5.41) is 9.22. The van der Waals surface area contributed by atoms with E-state index in [2.05, 4.69) is 13.0 Å². The minimum Gasteiger partial charge on any atom is -0.492 e. The van der Waals surface area contributed by atoms with Gasteiger partial charge in [-0.15, -0.1) is 0 Å². The first-order chi connectivity index (χ1) is 9.58. The first kappa shape index (κ1) is 14.9. The molecule has 1 fully saturated rings. The maximum Gasteiger partial charge on any atom is 0.320 e. The van der Waals surface area contributed by atoms with Crippen LogP contribution in [0.4, 0.5) is 0 Å². The van der Waals surface area contributed by atoms with E-state index in [0.29, 0.717) is 13.2 Å². The third kappa shape index (κ3) is 3.73. The molecule has 1 heterocycles. The first-order valence-electron chi connectivity index (χ1n) is 7.25. The number of carboxylic acid groups (broad SMARTS) is 1. The number of hydrogen-bond donors (Lipinski definition) is 1. The molecule has 2 rings (SSSR count). The number of aryl methyl sites for hydroxylation is 2. The molecule has 0 bridgehead atoms. The van der Waals surface area contributed by atoms with Crippen molar-refractivity contribution in [3.63, 3.8) is 0 Å². The van der Waals surface area contributed by atoms with E-state index in [1.165, 1.54) is 5.56 Å². The summed E-state index contributed by atoms with van der Waals surface area (Å²) in [6.07, 6.45) is 2.83. The van der Waals surface area contributed by atoms with Crippen LogP contribution in [0.15, 0.2) is 18.2 Å². The normalized spacial score (nSPS) is 19.8. The molecule has 1 atom stereocenters. The van der Waals surface area contributed by atoms with Crippen LogP contribution in [0.1, 0.15) is 30.4 Å². The summed E-state index contributed by atoms with van der Waals surface area (Å²) < 4.78 is 5.79. The fraction of sp³-hybridized carbons (Fsp3) is 0.562. The van der Waals surface area contributed by atoms with Gasteiger partial charge in [-0.05, 0) is 44.9 Å². The molecule has 0 radical (unpaired) electrons. The van der Waals surface area contributed by atoms with Gasteiger partial charge in [0, 0.05) is 6.54 Å². The number of nitrogens with zero attached hydrogens (tertiary/aromatic N) is 1. The topological polar surface area (TPSA) is 49.8 Å². The summed E-state index contributed by atoms with van der Waals surface area (Å²) >= 11 is 0. The molecule has 1 aromatic rings. The van der Waals surface area contributed by atoms with Crippen LogP contribution in [0.2, 0.25) is 0 Å². The Morgan fingerprint density at radius 1 is 1.40 bits per heavy atom. The lowest BCUT2D eigenvalue weighted by molar-refractivity contribution is -0.144. The molecule has 0 spiro atoms. The van der Waals surface area contributed by atoms with Gasteiger partial charge in [0.1, 0.15) is 18.4 Å². The third-order valence-corrected chi connectivity index (χ3v) is 3.87. The standard InChI is InChI=1S/C16H23NO3/c1-12-6-7-15(13(2)11-12)20-10-9-17-8-4-3-5-14(17)16(18)19/h6-7,11,14H,3-5,8-10H2,1-2H3,(H,18,19). The van der Waals surface area contributed by atoms with Crippen molar-refractivity contribution in [2.75, 3.05) is 19.7 Å². The number of hydrogen-bond acceptors (Lipinski definition) is 3. The van der Waals surface area contributed by atoms with E-state index in [4.69, 9.17) is 4.74 Å². The lowest BCUT2D eigenvalue weighted by atomic mass is 10.0. The Balaban J connectivity index is 1.86. The summed E-state index contributed by atoms with van der Waals surface area (Å²) in [4.78, 5) is 13.2. The Bertz CT molecular complexity index is 473. The van der Waals surface area contributed by atoms with Gasteiger partial charge in [-0.1, -0.05) is 24.1 Å². The number of ether oxygens (including phenoxy) is 1. The summed E-state index contributed by atoms with van der Waals surface area (Å²) in [7, 11) is 0. The maximum atomic E-state index is 11.2. The van der Waals surface area contributed by atoms with Gasteiger partial charge in [0.05, 0.1) is 0 Å². The van der Waals surface area contributed by atoms with Crippen molar-refractivity contribution in [1.29, 1.82) is 0 Å². The number of likely N-dealkylation sites (tertiary alicyclic amines) is 1. The van der Waals surface area contributed by atoms with E-state index in [0.717, 1.165) is 37.1 Å². The average Bonchev–Trinajstić information content (AvgIpc) is 2.41. The smallest absolute Gasteiger partial charge is 0.320 e. The molecule has 20 heavy (non-hydrogen) atoms. The first-order valence-corrected chi connectivity index (χ1v) is 7.25. The van der Waals surface area contributed by atoms with Crippen molar-refractivity contribution < 1.29 is 14.6 Å². The van der Waals surface area contributed by atoms with Crippen LogP contribution in [0.3, 0.4) is 0 Å². The van der Waals surface area contributed by atoms with Gasteiger partial charge in [-0.3, -0.25) is 9.69 Å². The molecule has 1 N–H and O–H groups in total. The zero-order valence-corrected chi connectivity index (χ0v) is 12.3. The zero-order chi connectivity index (χ0) is 14.5. The quantitative estimate of drug-likeness (QED) is 0.899. The Morgan fingerprint density at radius 3 is 2.90 bits per heavy atom. The highest BCUT2D eigenvalue weighted by Gasteiger charge is 2.27. The molecule has 1 unspecified atom stereocenters. The number of benzene rings is 1. The largest absolute Gasteiger partial charge is 0.492 e. The second-order valence-corrected chi connectivity index (χ2v) is 5.50. The van der Waals surface area contributed by atoms with Crippen molar-refractivity contribution in [1.82, 2.24) is 4.90 Å². The fourth-order valence-electron chi connectivity index (χ4n) is 2.77. The van der Waals surface area contributed by atoms with E-state index < -0.39 is 5.97 Å². The van der Waals surface area contributed by atoms with E-state index in [1.807, 2.05) is 24.0 Å². The van der Waals surface area contributed by atoms with Crippen molar-refractivity contribution in [3.8, 4) is 5.75 Å². The van der Waals surface area contributed by atoms with Crippen molar-refractivity contribution in [2.24, 2.45) is 0 Å². The molecular weight excluding hydrogens is 254 g/mol. The van der Waals surface area contributed by atoms with Crippen LogP contribution in [0, 0.1) is 13.8 Å². The lowest BCUT2D eigenvalue weighted by Gasteiger charge is -2.32. The molecule has 4 nitrogen and oxygen atoms in total. The van der Waals surface area contributed by atoms with Crippen LogP contribution in [-0.2, 0) is 4.79 Å². The average molecular weight is 277 g/mol. The lowest BCUT2D eigenvalue weighted by Crippen LogP contribution is -2.46. The summed E-state index contributed by atoms with van der Waals surface area (Å²) in [5.41, 5.74) is 2.34. The maximum absolute atomic E-state index is 11.2. The number of rotatable bonds is 5. The monoisotopic (exact) mass is 277 g/mol. The van der Waals surface area contributed by atoms with Gasteiger partial charge in [0.25, 0.3) is 0 Å². The highest BCUT2D eigenvalue weighted by molar-refractivity contribution is 5.73. The van der Waals surface area contributed by atoms with Gasteiger partial charge in [-0.2, -0.15) is 0 Å². The van der Waals surface area contributed by atoms with Gasteiger partial charge < -0.3 is 9.84 Å². The molecule has 1 aliphatic rings. The van der Waals surface area contributed by atoms with Gasteiger partial charge in [-0.25, -0.2) is 0 Å². The molecule has 4 heteroatoms. The molecule has 1 aliphatic heterocycles. The van der Waals surface area contributed by atoms with E-state index in [9.17, 15) is 9.90 Å². The highest BCUT2D eigenvalue weighted by Crippen LogP contribution is 2.20. The van der Waals surface area contributed by atoms with Crippen LogP contribution in [-0.4, -0.2) is 41.7 Å². The van der Waals surface area contributed by atoms with E-state index in [-0.39, 0.29) is 6.04 Å². The van der Waals surface area contributed by atoms with Gasteiger partial charge in [0.2, 0.25) is 0 Å². The van der Waals surface area contributed by atoms with E-state index in [1.54, 1.807) is 0 Å². The van der Waals surface area contributed by atoms with Crippen LogP contribution in [0.5, 0.6) is 5.75 Å². The third-order valence-electron chi connectivity index (χ3n) is 3.87. The van der Waals surface area contributed by atoms with E-state index >= 15 is 0 Å². The summed E-state index contributed by atoms with van der Waals surface area (Å²) in [5.74, 6) is 0.177. The second-order valence-electron chi connectivity index (χ2n) is 5.50. The van der Waals surface area contributed by atoms with Crippen LogP contribution in [0.25, 0.3) is 0 Å². The Morgan fingerprint density at radius 2 is 2.20 bits per heavy atom. The predicted octanol–water partition coefficient (Wildman–Crippen LogP) is 2.62. The molecule has 0 amide bonds. The Hall–Kier alpha value is -1.55. The van der Waals surface area contributed by atoms with Crippen molar-refractivity contribution >= 4 is 5.97 Å². The summed E-state index contributed by atoms with van der Waals surface area (Å²) in [6.45, 7) is 6.15. The predicted molar refractivity (Wildman–Crippen MR) is 78.3 cm³/mol. The highest BCUT2D eigenvalue weighted by atomic mass is 16.5. The minimum atomic E-state index is -0.712. The summed E-state index contributed by atoms with van der Waals surface area (Å²) in [6, 6.07) is 5.77. The molecule has 0 aliphatic carbocycles. The van der Waals surface area contributed by atoms with Crippen LogP contribution < -0.4 is 4.74 Å². The Labute approximate surface area is 120 Å².